The van der Waals surface area contributed by atoms with Gasteiger partial charge in [0.1, 0.15) is 10.7 Å². The lowest BCUT2D eigenvalue weighted by atomic mass is 10.1. The lowest BCUT2D eigenvalue weighted by Gasteiger charge is -2.15. The molecule has 0 spiro atoms. The number of hydrogen-bond donors (Lipinski definition) is 2. The molecule has 2 N–H and O–H groups in total. The first-order valence-corrected chi connectivity index (χ1v) is 7.74. The first kappa shape index (κ1) is 15.6. The number of sulfonamides is 1. The number of hydrogen-bond acceptors (Lipinski definition) is 4. The van der Waals surface area contributed by atoms with Crippen molar-refractivity contribution in [3.63, 3.8) is 0 Å². The molecule has 1 aromatic carbocycles. The van der Waals surface area contributed by atoms with Gasteiger partial charge in [-0.3, -0.25) is 4.98 Å². The summed E-state index contributed by atoms with van der Waals surface area (Å²) in [4.78, 5) is 3.38. The topological polar surface area (TPSA) is 79.3 Å². The molecule has 0 aliphatic carbocycles. The van der Waals surface area contributed by atoms with Gasteiger partial charge < -0.3 is 5.11 Å². The second-order valence-corrected chi connectivity index (χ2v) is 6.23. The number of nitrogens with zero attached hydrogens (tertiary/aromatic N) is 1. The molecule has 0 radical (unpaired) electrons. The Morgan fingerprint density at radius 1 is 1.29 bits per heavy atom. The summed E-state index contributed by atoms with van der Waals surface area (Å²) in [5.74, 6) is -0.860. The molecule has 1 heterocycles. The molecule has 0 saturated heterocycles. The van der Waals surface area contributed by atoms with Crippen LogP contribution in [0.4, 0.5) is 4.39 Å². The molecule has 0 bridgehead atoms. The van der Waals surface area contributed by atoms with Crippen LogP contribution >= 0.6 is 0 Å². The molecule has 5 nitrogen and oxygen atoms in total. The predicted octanol–water partition coefficient (Wildman–Crippen LogP) is 1.75. The number of aromatic nitrogens is 1. The molecule has 112 valence electrons. The Bertz CT molecular complexity index is 720. The van der Waals surface area contributed by atoms with E-state index < -0.39 is 26.8 Å². The molecule has 21 heavy (non-hydrogen) atoms. The molecule has 2 rings (SSSR count). The van der Waals surface area contributed by atoms with Crippen LogP contribution in [0.5, 0.6) is 0 Å². The van der Waals surface area contributed by atoms with Crippen molar-refractivity contribution in [1.29, 1.82) is 0 Å². The average Bonchev–Trinajstić information content (AvgIpc) is 2.48. The van der Waals surface area contributed by atoms with Crippen LogP contribution in [0.15, 0.2) is 47.6 Å². The second-order valence-electron chi connectivity index (χ2n) is 4.55. The molecule has 0 aliphatic heterocycles. The molecule has 0 fully saturated rings. The average molecular weight is 310 g/mol. The van der Waals surface area contributed by atoms with Gasteiger partial charge in [-0.1, -0.05) is 6.07 Å². The van der Waals surface area contributed by atoms with Crippen LogP contribution in [0.3, 0.4) is 0 Å². The number of nitrogens with one attached hydrogen (secondary N) is 1. The van der Waals surface area contributed by atoms with E-state index in [1.165, 1.54) is 6.07 Å². The third-order valence-corrected chi connectivity index (χ3v) is 4.56. The van der Waals surface area contributed by atoms with Gasteiger partial charge in [0.2, 0.25) is 10.0 Å². The van der Waals surface area contributed by atoms with E-state index in [4.69, 9.17) is 5.11 Å². The number of rotatable bonds is 5. The van der Waals surface area contributed by atoms with Crippen LogP contribution in [0.2, 0.25) is 0 Å². The quantitative estimate of drug-likeness (QED) is 0.882. The zero-order valence-corrected chi connectivity index (χ0v) is 12.1. The summed E-state index contributed by atoms with van der Waals surface area (Å²) in [6, 6.07) is 6.30. The first-order chi connectivity index (χ1) is 9.94. The van der Waals surface area contributed by atoms with Gasteiger partial charge in [-0.2, -0.15) is 0 Å². The van der Waals surface area contributed by atoms with Gasteiger partial charge in [-0.25, -0.2) is 17.5 Å². The third kappa shape index (κ3) is 3.63. The summed E-state index contributed by atoms with van der Waals surface area (Å²) in [5.41, 5.74) is 1.04. The van der Waals surface area contributed by atoms with Gasteiger partial charge >= 0.3 is 0 Å². The molecule has 1 unspecified atom stereocenters. The maximum absolute atomic E-state index is 13.7. The summed E-state index contributed by atoms with van der Waals surface area (Å²) in [6.07, 6.45) is 3.10. The highest BCUT2D eigenvalue weighted by Gasteiger charge is 2.22. The van der Waals surface area contributed by atoms with Gasteiger partial charge in [0.25, 0.3) is 0 Å². The summed E-state index contributed by atoms with van der Waals surface area (Å²) >= 11 is 0. The molecule has 1 aromatic heterocycles. The highest BCUT2D eigenvalue weighted by Crippen LogP contribution is 2.20. The van der Waals surface area contributed by atoms with Gasteiger partial charge in [-0.05, 0) is 42.3 Å². The number of halogens is 1. The van der Waals surface area contributed by atoms with Crippen LogP contribution in [0, 0.1) is 5.82 Å². The SMILES string of the molecule is CC(NS(=O)(=O)c1cc(CO)ccc1F)c1ccncc1. The normalized spacial score (nSPS) is 13.1. The standard InChI is InChI=1S/C14H15FN2O3S/c1-10(12-4-6-16-7-5-12)17-21(19,20)14-8-11(9-18)2-3-13(14)15/h2-8,10,17-18H,9H2,1H3. The van der Waals surface area contributed by atoms with Crippen LogP contribution in [0.1, 0.15) is 24.1 Å². The minimum absolute atomic E-state index is 0.327. The number of pyridine rings is 1. The maximum Gasteiger partial charge on any atom is 0.244 e. The van der Waals surface area contributed by atoms with E-state index in [2.05, 4.69) is 9.71 Å². The van der Waals surface area contributed by atoms with E-state index in [1.807, 2.05) is 0 Å². The van der Waals surface area contributed by atoms with E-state index in [0.717, 1.165) is 12.1 Å². The Balaban J connectivity index is 2.30. The number of aliphatic hydroxyl groups is 1. The molecule has 1 atom stereocenters. The Labute approximate surface area is 122 Å². The van der Waals surface area contributed by atoms with Crippen molar-refractivity contribution in [2.75, 3.05) is 0 Å². The summed E-state index contributed by atoms with van der Waals surface area (Å²) in [6.45, 7) is 1.30. The predicted molar refractivity (Wildman–Crippen MR) is 75.3 cm³/mol. The van der Waals surface area contributed by atoms with Crippen molar-refractivity contribution in [3.8, 4) is 0 Å². The molecule has 0 saturated carbocycles. The third-order valence-electron chi connectivity index (χ3n) is 3.01. The minimum atomic E-state index is -4.03. The highest BCUT2D eigenvalue weighted by atomic mass is 32.2. The van der Waals surface area contributed by atoms with Crippen molar-refractivity contribution >= 4 is 10.0 Å². The summed E-state index contributed by atoms with van der Waals surface area (Å²) < 4.78 is 40.7. The molecule has 0 aliphatic rings. The molecular formula is C14H15FN2O3S. The van der Waals surface area contributed by atoms with Gasteiger partial charge in [0, 0.05) is 18.4 Å². The van der Waals surface area contributed by atoms with Crippen molar-refractivity contribution in [2.45, 2.75) is 24.5 Å². The van der Waals surface area contributed by atoms with Gasteiger partial charge in [0.05, 0.1) is 6.61 Å². The van der Waals surface area contributed by atoms with Crippen molar-refractivity contribution in [3.05, 3.63) is 59.7 Å². The Morgan fingerprint density at radius 2 is 1.95 bits per heavy atom. The smallest absolute Gasteiger partial charge is 0.244 e. The van der Waals surface area contributed by atoms with Gasteiger partial charge in [-0.15, -0.1) is 0 Å². The first-order valence-electron chi connectivity index (χ1n) is 6.25. The fourth-order valence-electron chi connectivity index (χ4n) is 1.87. The monoisotopic (exact) mass is 310 g/mol. The van der Waals surface area contributed by atoms with E-state index in [0.29, 0.717) is 11.1 Å². The van der Waals surface area contributed by atoms with Crippen molar-refractivity contribution in [1.82, 2.24) is 9.71 Å². The fraction of sp³-hybridized carbons (Fsp3) is 0.214. The fourth-order valence-corrected chi connectivity index (χ4v) is 3.23. The second kappa shape index (κ2) is 6.30. The van der Waals surface area contributed by atoms with Crippen molar-refractivity contribution < 1.29 is 17.9 Å². The lowest BCUT2D eigenvalue weighted by molar-refractivity contribution is 0.281. The van der Waals surface area contributed by atoms with Crippen LogP contribution < -0.4 is 4.72 Å². The van der Waals surface area contributed by atoms with E-state index >= 15 is 0 Å². The molecule has 7 heteroatoms. The summed E-state index contributed by atoms with van der Waals surface area (Å²) in [5, 5.41) is 9.03. The van der Waals surface area contributed by atoms with Crippen molar-refractivity contribution in [2.24, 2.45) is 0 Å². The van der Waals surface area contributed by atoms with Crippen LogP contribution in [-0.2, 0) is 16.6 Å². The summed E-state index contributed by atoms with van der Waals surface area (Å²) in [7, 11) is -4.03. The van der Waals surface area contributed by atoms with E-state index in [9.17, 15) is 12.8 Å². The zero-order valence-electron chi connectivity index (χ0n) is 11.3. The zero-order chi connectivity index (χ0) is 15.5. The van der Waals surface area contributed by atoms with Crippen LogP contribution in [0.25, 0.3) is 0 Å². The largest absolute Gasteiger partial charge is 0.392 e. The van der Waals surface area contributed by atoms with E-state index in [-0.39, 0.29) is 6.61 Å². The van der Waals surface area contributed by atoms with E-state index in [1.54, 1.807) is 31.5 Å². The molecule has 2 aromatic rings. The highest BCUT2D eigenvalue weighted by molar-refractivity contribution is 7.89. The molecular weight excluding hydrogens is 295 g/mol. The van der Waals surface area contributed by atoms with Crippen LogP contribution in [-0.4, -0.2) is 18.5 Å². The lowest BCUT2D eigenvalue weighted by Crippen LogP contribution is -2.27. The Morgan fingerprint density at radius 3 is 2.57 bits per heavy atom. The Hall–Kier alpha value is -1.83. The van der Waals surface area contributed by atoms with Gasteiger partial charge in [0.15, 0.2) is 0 Å². The number of benzene rings is 1. The molecule has 0 amide bonds. The number of aliphatic hydroxyl groups excluding tert-OH is 1. The Kier molecular flexibility index (Phi) is 4.66. The minimum Gasteiger partial charge on any atom is -0.392 e. The maximum atomic E-state index is 13.7.